The van der Waals surface area contributed by atoms with Gasteiger partial charge >= 0.3 is 0 Å². The molecule has 0 aromatic heterocycles. The Morgan fingerprint density at radius 3 is 2.21 bits per heavy atom. The van der Waals surface area contributed by atoms with Crippen LogP contribution in [0.1, 0.15) is 39.5 Å². The van der Waals surface area contributed by atoms with E-state index in [-0.39, 0.29) is 5.92 Å². The highest BCUT2D eigenvalue weighted by Crippen LogP contribution is 2.41. The van der Waals surface area contributed by atoms with Crippen molar-refractivity contribution in [1.29, 1.82) is 0 Å². The molecule has 0 aromatic rings. The first-order valence-electron chi connectivity index (χ1n) is 5.68. The zero-order chi connectivity index (χ0) is 10.7. The zero-order valence-corrected chi connectivity index (χ0v) is 9.55. The molecule has 1 saturated heterocycles. The first-order valence-corrected chi connectivity index (χ1v) is 5.68. The topological polar surface area (TPSA) is 20.3 Å². The van der Waals surface area contributed by atoms with E-state index < -0.39 is 0 Å². The highest BCUT2D eigenvalue weighted by atomic mass is 16.2. The minimum atomic E-state index is 0.274. The van der Waals surface area contributed by atoms with Gasteiger partial charge in [0.1, 0.15) is 0 Å². The minimum Gasteiger partial charge on any atom is -0.319 e. The predicted molar refractivity (Wildman–Crippen MR) is 58.7 cm³/mol. The SMILES string of the molecule is C=C1C2CCCCC2C(=O)N1C.CC. The van der Waals surface area contributed by atoms with Crippen molar-refractivity contribution in [3.05, 3.63) is 12.3 Å². The number of allylic oxidation sites excluding steroid dienone is 1. The maximum atomic E-state index is 11.6. The van der Waals surface area contributed by atoms with Crippen LogP contribution in [-0.4, -0.2) is 17.9 Å². The second-order valence-corrected chi connectivity index (χ2v) is 3.89. The monoisotopic (exact) mass is 195 g/mol. The summed E-state index contributed by atoms with van der Waals surface area (Å²) in [6, 6.07) is 0. The molecule has 1 aliphatic heterocycles. The van der Waals surface area contributed by atoms with Crippen molar-refractivity contribution in [2.75, 3.05) is 7.05 Å². The van der Waals surface area contributed by atoms with Crippen molar-refractivity contribution in [1.82, 2.24) is 4.90 Å². The Hall–Kier alpha value is -0.790. The van der Waals surface area contributed by atoms with Gasteiger partial charge in [0.15, 0.2) is 0 Å². The van der Waals surface area contributed by atoms with Crippen molar-refractivity contribution in [3.8, 4) is 0 Å². The lowest BCUT2D eigenvalue weighted by atomic mass is 9.80. The van der Waals surface area contributed by atoms with E-state index in [1.54, 1.807) is 4.90 Å². The predicted octanol–water partition coefficient (Wildman–Crippen LogP) is 2.80. The van der Waals surface area contributed by atoms with Gasteiger partial charge in [0, 0.05) is 24.6 Å². The third-order valence-corrected chi connectivity index (χ3v) is 3.27. The summed E-state index contributed by atoms with van der Waals surface area (Å²) in [5.41, 5.74) is 1.05. The number of hydrogen-bond acceptors (Lipinski definition) is 1. The number of rotatable bonds is 0. The molecule has 2 heteroatoms. The van der Waals surface area contributed by atoms with Crippen molar-refractivity contribution < 1.29 is 4.79 Å². The van der Waals surface area contributed by atoms with Crippen LogP contribution < -0.4 is 0 Å². The Balaban J connectivity index is 0.000000461. The Kier molecular flexibility index (Phi) is 3.73. The average Bonchev–Trinajstić information content (AvgIpc) is 2.48. The van der Waals surface area contributed by atoms with E-state index >= 15 is 0 Å². The van der Waals surface area contributed by atoms with Gasteiger partial charge in [-0.3, -0.25) is 4.79 Å². The van der Waals surface area contributed by atoms with Gasteiger partial charge < -0.3 is 4.90 Å². The maximum absolute atomic E-state index is 11.6. The quantitative estimate of drug-likeness (QED) is 0.582. The molecule has 2 unspecified atom stereocenters. The first-order chi connectivity index (χ1) is 6.72. The molecule has 14 heavy (non-hydrogen) atoms. The van der Waals surface area contributed by atoms with Gasteiger partial charge in [0.2, 0.25) is 5.91 Å². The van der Waals surface area contributed by atoms with E-state index in [9.17, 15) is 4.79 Å². The molecule has 2 fully saturated rings. The summed E-state index contributed by atoms with van der Waals surface area (Å²) in [7, 11) is 1.85. The standard InChI is InChI=1S/C10H15NO.C2H6/c1-7-8-5-3-4-6-9(8)10(12)11(7)2;1-2/h8-9H,1,3-6H2,2H3;1-2H3. The summed E-state index contributed by atoms with van der Waals surface area (Å²) in [6.07, 6.45) is 4.72. The fraction of sp³-hybridized carbons (Fsp3) is 0.750. The molecule has 1 aliphatic carbocycles. The zero-order valence-electron chi connectivity index (χ0n) is 9.55. The molecule has 80 valence electrons. The van der Waals surface area contributed by atoms with Crippen molar-refractivity contribution in [2.45, 2.75) is 39.5 Å². The van der Waals surface area contributed by atoms with Gasteiger partial charge in [-0.25, -0.2) is 0 Å². The first kappa shape index (κ1) is 11.3. The molecule has 0 aromatic carbocycles. The second kappa shape index (κ2) is 4.63. The van der Waals surface area contributed by atoms with Crippen LogP contribution in [0.5, 0.6) is 0 Å². The van der Waals surface area contributed by atoms with Crippen LogP contribution in [0, 0.1) is 11.8 Å². The third-order valence-electron chi connectivity index (χ3n) is 3.27. The molecule has 2 rings (SSSR count). The molecular weight excluding hydrogens is 174 g/mol. The number of likely N-dealkylation sites (tertiary alicyclic amines) is 1. The molecule has 0 spiro atoms. The van der Waals surface area contributed by atoms with Gasteiger partial charge in [0.25, 0.3) is 0 Å². The van der Waals surface area contributed by atoms with Gasteiger partial charge in [-0.15, -0.1) is 0 Å². The van der Waals surface area contributed by atoms with E-state index in [1.165, 1.54) is 19.3 Å². The van der Waals surface area contributed by atoms with Crippen LogP contribution in [0.4, 0.5) is 0 Å². The van der Waals surface area contributed by atoms with Crippen molar-refractivity contribution in [2.24, 2.45) is 11.8 Å². The molecule has 1 heterocycles. The summed E-state index contributed by atoms with van der Waals surface area (Å²) >= 11 is 0. The third kappa shape index (κ3) is 1.70. The molecule has 0 bridgehead atoms. The van der Waals surface area contributed by atoms with Crippen molar-refractivity contribution >= 4 is 5.91 Å². The van der Waals surface area contributed by atoms with E-state index in [2.05, 4.69) is 6.58 Å². The largest absolute Gasteiger partial charge is 0.319 e. The average molecular weight is 195 g/mol. The molecule has 1 saturated carbocycles. The van der Waals surface area contributed by atoms with Gasteiger partial charge in [-0.05, 0) is 12.8 Å². The molecule has 2 atom stereocenters. The number of hydrogen-bond donors (Lipinski definition) is 0. The summed E-state index contributed by atoms with van der Waals surface area (Å²) in [4.78, 5) is 13.4. The summed E-state index contributed by atoms with van der Waals surface area (Å²) in [5.74, 6) is 1.04. The number of nitrogens with zero attached hydrogens (tertiary/aromatic N) is 1. The Morgan fingerprint density at radius 2 is 1.71 bits per heavy atom. The van der Waals surface area contributed by atoms with Gasteiger partial charge in [0.05, 0.1) is 0 Å². The fourth-order valence-corrected chi connectivity index (χ4v) is 2.46. The summed E-state index contributed by atoms with van der Waals surface area (Å²) in [5, 5.41) is 0. The van der Waals surface area contributed by atoms with Crippen LogP contribution in [0.2, 0.25) is 0 Å². The Labute approximate surface area is 87.0 Å². The molecular formula is C12H21NO. The molecule has 2 aliphatic rings. The molecule has 2 nitrogen and oxygen atoms in total. The Bertz CT molecular complexity index is 210. The van der Waals surface area contributed by atoms with Crippen LogP contribution in [0.25, 0.3) is 0 Å². The van der Waals surface area contributed by atoms with Crippen molar-refractivity contribution in [3.63, 3.8) is 0 Å². The number of carbonyl (C=O) groups is 1. The number of fused-ring (bicyclic) bond motifs is 1. The minimum absolute atomic E-state index is 0.274. The van der Waals surface area contributed by atoms with Crippen LogP contribution in [-0.2, 0) is 4.79 Å². The fourth-order valence-electron chi connectivity index (χ4n) is 2.46. The highest BCUT2D eigenvalue weighted by Gasteiger charge is 2.42. The highest BCUT2D eigenvalue weighted by molar-refractivity contribution is 5.84. The van der Waals surface area contributed by atoms with Crippen LogP contribution in [0.15, 0.2) is 12.3 Å². The van der Waals surface area contributed by atoms with E-state index in [0.29, 0.717) is 11.8 Å². The molecule has 0 N–H and O–H groups in total. The molecule has 1 amide bonds. The second-order valence-electron chi connectivity index (χ2n) is 3.89. The van der Waals surface area contributed by atoms with Crippen LogP contribution in [0.3, 0.4) is 0 Å². The van der Waals surface area contributed by atoms with Gasteiger partial charge in [-0.1, -0.05) is 33.3 Å². The lowest BCUT2D eigenvalue weighted by molar-refractivity contribution is -0.130. The molecule has 0 radical (unpaired) electrons. The van der Waals surface area contributed by atoms with E-state index in [0.717, 1.165) is 12.1 Å². The normalized spacial score (nSPS) is 30.9. The summed E-state index contributed by atoms with van der Waals surface area (Å²) < 4.78 is 0. The Morgan fingerprint density at radius 1 is 1.21 bits per heavy atom. The van der Waals surface area contributed by atoms with Crippen LogP contribution >= 0.6 is 0 Å². The maximum Gasteiger partial charge on any atom is 0.230 e. The van der Waals surface area contributed by atoms with E-state index in [4.69, 9.17) is 0 Å². The lowest BCUT2D eigenvalue weighted by Crippen LogP contribution is -2.23. The van der Waals surface area contributed by atoms with E-state index in [1.807, 2.05) is 20.9 Å². The number of carbonyl (C=O) groups excluding carboxylic acids is 1. The number of amides is 1. The smallest absolute Gasteiger partial charge is 0.230 e. The summed E-state index contributed by atoms with van der Waals surface area (Å²) in [6.45, 7) is 7.98. The lowest BCUT2D eigenvalue weighted by Gasteiger charge is -2.22. The van der Waals surface area contributed by atoms with Gasteiger partial charge in [-0.2, -0.15) is 0 Å².